The third-order valence-electron chi connectivity index (χ3n) is 1.66. The normalized spacial score (nSPS) is 10.5. The number of aromatic nitrogens is 2. The maximum atomic E-state index is 5.36. The summed E-state index contributed by atoms with van der Waals surface area (Å²) in [6.45, 7) is 2.59. The van der Waals surface area contributed by atoms with Gasteiger partial charge in [-0.15, -0.1) is 0 Å². The molecular weight excluding hydrogens is 154 g/mol. The maximum Gasteiger partial charge on any atom is 0.226 e. The molecule has 1 heterocycles. The van der Waals surface area contributed by atoms with E-state index >= 15 is 0 Å². The molecule has 4 heteroatoms. The smallest absolute Gasteiger partial charge is 0.226 e. The average molecular weight is 169 g/mol. The largest absolute Gasteiger partial charge is 0.339 e. The highest BCUT2D eigenvalue weighted by atomic mass is 16.5. The summed E-state index contributed by atoms with van der Waals surface area (Å²) in [4.78, 5) is 4.10. The average Bonchev–Trinajstić information content (AvgIpc) is 2.45. The Morgan fingerprint density at radius 2 is 2.17 bits per heavy atom. The predicted octanol–water partition coefficient (Wildman–Crippen LogP) is 1.05. The van der Waals surface area contributed by atoms with Gasteiger partial charge in [-0.25, -0.2) is 0 Å². The summed E-state index contributed by atoms with van der Waals surface area (Å²) < 4.78 is 4.95. The molecule has 2 N–H and O–H groups in total. The maximum absolute atomic E-state index is 5.36. The zero-order chi connectivity index (χ0) is 8.81. The molecule has 0 spiro atoms. The van der Waals surface area contributed by atoms with Crippen LogP contribution in [0.1, 0.15) is 31.0 Å². The van der Waals surface area contributed by atoms with E-state index < -0.39 is 0 Å². The summed E-state index contributed by atoms with van der Waals surface area (Å²) in [5.41, 5.74) is 5.36. The molecule has 0 aliphatic rings. The van der Waals surface area contributed by atoms with Gasteiger partial charge < -0.3 is 10.3 Å². The highest BCUT2D eigenvalue weighted by Crippen LogP contribution is 2.03. The van der Waals surface area contributed by atoms with E-state index in [-0.39, 0.29) is 0 Å². The van der Waals surface area contributed by atoms with E-state index in [4.69, 9.17) is 10.3 Å². The van der Waals surface area contributed by atoms with Crippen molar-refractivity contribution >= 4 is 0 Å². The second-order valence-electron chi connectivity index (χ2n) is 2.83. The van der Waals surface area contributed by atoms with Gasteiger partial charge in [0.2, 0.25) is 5.89 Å². The second kappa shape index (κ2) is 4.87. The van der Waals surface area contributed by atoms with Crippen molar-refractivity contribution in [3.05, 3.63) is 11.7 Å². The molecule has 0 saturated heterocycles. The van der Waals surface area contributed by atoms with Gasteiger partial charge in [-0.05, 0) is 26.3 Å². The zero-order valence-corrected chi connectivity index (χ0v) is 7.42. The Morgan fingerprint density at radius 1 is 1.33 bits per heavy atom. The van der Waals surface area contributed by atoms with Crippen LogP contribution < -0.4 is 5.73 Å². The van der Waals surface area contributed by atoms with E-state index in [9.17, 15) is 0 Å². The summed E-state index contributed by atoms with van der Waals surface area (Å²) in [5, 5.41) is 3.70. The number of hydrogen-bond donors (Lipinski definition) is 1. The Hall–Kier alpha value is -0.900. The second-order valence-corrected chi connectivity index (χ2v) is 2.83. The molecule has 1 aromatic rings. The number of nitrogens with zero attached hydrogens (tertiary/aromatic N) is 2. The molecule has 12 heavy (non-hydrogen) atoms. The quantitative estimate of drug-likeness (QED) is 0.669. The molecule has 0 bridgehead atoms. The summed E-state index contributed by atoms with van der Waals surface area (Å²) in [7, 11) is 0. The lowest BCUT2D eigenvalue weighted by Crippen LogP contribution is -1.98. The van der Waals surface area contributed by atoms with Gasteiger partial charge >= 0.3 is 0 Å². The summed E-state index contributed by atoms with van der Waals surface area (Å²) in [6.07, 6.45) is 4.17. The summed E-state index contributed by atoms with van der Waals surface area (Å²) in [6, 6.07) is 0. The Balaban J connectivity index is 2.15. The summed E-state index contributed by atoms with van der Waals surface area (Å²) >= 11 is 0. The van der Waals surface area contributed by atoms with Gasteiger partial charge in [0.15, 0.2) is 5.82 Å². The molecule has 0 atom stereocenters. The molecule has 0 aliphatic heterocycles. The van der Waals surface area contributed by atoms with Crippen LogP contribution in [-0.4, -0.2) is 16.7 Å². The van der Waals surface area contributed by atoms with Crippen molar-refractivity contribution in [1.82, 2.24) is 10.1 Å². The van der Waals surface area contributed by atoms with Crippen molar-refractivity contribution in [2.24, 2.45) is 5.73 Å². The van der Waals surface area contributed by atoms with Crippen LogP contribution in [0.15, 0.2) is 4.52 Å². The molecule has 0 unspecified atom stereocenters. The van der Waals surface area contributed by atoms with Gasteiger partial charge in [-0.1, -0.05) is 11.6 Å². The molecule has 0 aromatic carbocycles. The molecule has 4 nitrogen and oxygen atoms in total. The first kappa shape index (κ1) is 9.19. The van der Waals surface area contributed by atoms with Crippen molar-refractivity contribution in [3.8, 4) is 0 Å². The van der Waals surface area contributed by atoms with Crippen molar-refractivity contribution in [1.29, 1.82) is 0 Å². The van der Waals surface area contributed by atoms with Gasteiger partial charge in [-0.3, -0.25) is 0 Å². The molecule has 1 rings (SSSR count). The monoisotopic (exact) mass is 169 g/mol. The van der Waals surface area contributed by atoms with E-state index in [2.05, 4.69) is 10.1 Å². The van der Waals surface area contributed by atoms with Crippen LogP contribution in [0.3, 0.4) is 0 Å². The molecule has 1 aromatic heterocycles. The van der Waals surface area contributed by atoms with E-state index in [0.29, 0.717) is 5.82 Å². The fraction of sp³-hybridized carbons (Fsp3) is 0.750. The number of unbranched alkanes of at least 4 members (excludes halogenated alkanes) is 2. The first-order valence-corrected chi connectivity index (χ1v) is 4.32. The van der Waals surface area contributed by atoms with E-state index in [1.165, 1.54) is 0 Å². The molecule has 0 saturated carbocycles. The zero-order valence-electron chi connectivity index (χ0n) is 7.42. The molecular formula is C8H15N3O. The van der Waals surface area contributed by atoms with Gasteiger partial charge in [0, 0.05) is 6.42 Å². The van der Waals surface area contributed by atoms with Crippen LogP contribution in [0.5, 0.6) is 0 Å². The highest BCUT2D eigenvalue weighted by molar-refractivity contribution is 4.82. The van der Waals surface area contributed by atoms with Gasteiger partial charge in [-0.2, -0.15) is 4.98 Å². The van der Waals surface area contributed by atoms with Crippen LogP contribution in [-0.2, 0) is 6.42 Å². The van der Waals surface area contributed by atoms with Crippen molar-refractivity contribution in [2.45, 2.75) is 32.6 Å². The highest BCUT2D eigenvalue weighted by Gasteiger charge is 2.00. The molecule has 68 valence electrons. The Labute approximate surface area is 72.1 Å². The minimum absolute atomic E-state index is 0.712. The van der Waals surface area contributed by atoms with Crippen molar-refractivity contribution < 1.29 is 4.52 Å². The van der Waals surface area contributed by atoms with Crippen LogP contribution in [0.2, 0.25) is 0 Å². The first-order chi connectivity index (χ1) is 5.83. The SMILES string of the molecule is Cc1noc(CCCCCN)n1. The molecule has 0 amide bonds. The standard InChI is InChI=1S/C8H15N3O/c1-7-10-8(12-11-7)5-3-2-4-6-9/h2-6,9H2,1H3. The van der Waals surface area contributed by atoms with E-state index in [1.807, 2.05) is 6.92 Å². The summed E-state index contributed by atoms with van der Waals surface area (Å²) in [5.74, 6) is 1.45. The lowest BCUT2D eigenvalue weighted by Gasteiger charge is -1.93. The number of nitrogens with two attached hydrogens (primary N) is 1. The molecule has 0 fully saturated rings. The van der Waals surface area contributed by atoms with Crippen molar-refractivity contribution in [3.63, 3.8) is 0 Å². The van der Waals surface area contributed by atoms with Crippen molar-refractivity contribution in [2.75, 3.05) is 6.54 Å². The number of hydrogen-bond acceptors (Lipinski definition) is 4. The predicted molar refractivity (Wildman–Crippen MR) is 45.6 cm³/mol. The fourth-order valence-corrected chi connectivity index (χ4v) is 1.04. The Morgan fingerprint density at radius 3 is 2.75 bits per heavy atom. The third kappa shape index (κ3) is 3.00. The minimum atomic E-state index is 0.712. The van der Waals surface area contributed by atoms with Gasteiger partial charge in [0.1, 0.15) is 0 Å². The Bertz CT molecular complexity index is 222. The van der Waals surface area contributed by atoms with E-state index in [1.54, 1.807) is 0 Å². The van der Waals surface area contributed by atoms with Crippen LogP contribution in [0.25, 0.3) is 0 Å². The lowest BCUT2D eigenvalue weighted by atomic mass is 10.2. The Kier molecular flexibility index (Phi) is 3.73. The van der Waals surface area contributed by atoms with Crippen LogP contribution in [0.4, 0.5) is 0 Å². The van der Waals surface area contributed by atoms with Gasteiger partial charge in [0.25, 0.3) is 0 Å². The van der Waals surface area contributed by atoms with Crippen LogP contribution >= 0.6 is 0 Å². The minimum Gasteiger partial charge on any atom is -0.339 e. The van der Waals surface area contributed by atoms with Crippen LogP contribution in [0, 0.1) is 6.92 Å². The van der Waals surface area contributed by atoms with Gasteiger partial charge in [0.05, 0.1) is 0 Å². The lowest BCUT2D eigenvalue weighted by molar-refractivity contribution is 0.370. The third-order valence-corrected chi connectivity index (χ3v) is 1.66. The number of aryl methyl sites for hydroxylation is 2. The first-order valence-electron chi connectivity index (χ1n) is 4.32. The molecule has 0 radical (unpaired) electrons. The fourth-order valence-electron chi connectivity index (χ4n) is 1.04. The molecule has 0 aliphatic carbocycles. The topological polar surface area (TPSA) is 64.9 Å². The number of rotatable bonds is 5. The van der Waals surface area contributed by atoms with E-state index in [0.717, 1.165) is 38.1 Å².